The predicted molar refractivity (Wildman–Crippen MR) is 151 cm³/mol. The van der Waals surface area contributed by atoms with Crippen LogP contribution in [0.2, 0.25) is 5.02 Å². The first-order valence-corrected chi connectivity index (χ1v) is 13.6. The molecule has 216 valence electrons. The van der Waals surface area contributed by atoms with Crippen molar-refractivity contribution in [2.75, 3.05) is 4.90 Å². The van der Waals surface area contributed by atoms with E-state index >= 15 is 0 Å². The Morgan fingerprint density at radius 1 is 1.07 bits per heavy atom. The van der Waals surface area contributed by atoms with E-state index in [-0.39, 0.29) is 35.2 Å². The van der Waals surface area contributed by atoms with Crippen molar-refractivity contribution in [2.45, 2.75) is 51.8 Å². The van der Waals surface area contributed by atoms with Crippen LogP contribution >= 0.6 is 11.6 Å². The first-order chi connectivity index (χ1) is 19.9. The molecular weight excluding hydrogens is 570 g/mol. The van der Waals surface area contributed by atoms with Gasteiger partial charge in [-0.1, -0.05) is 23.7 Å². The Kier molecular flexibility index (Phi) is 7.78. The fourth-order valence-electron chi connectivity index (χ4n) is 5.62. The van der Waals surface area contributed by atoms with Crippen molar-refractivity contribution in [3.63, 3.8) is 0 Å². The number of carbonyl (C=O) groups excluding carboxylic acids is 1. The minimum atomic E-state index is -4.51. The van der Waals surface area contributed by atoms with Gasteiger partial charge in [-0.05, 0) is 91.4 Å². The number of ketones is 1. The van der Waals surface area contributed by atoms with E-state index in [0.29, 0.717) is 41.1 Å². The Morgan fingerprint density at radius 3 is 2.43 bits per heavy atom. The summed E-state index contributed by atoms with van der Waals surface area (Å²) in [5, 5.41) is 10.5. The number of hydrogen-bond donors (Lipinski definition) is 1. The Morgan fingerprint density at radius 2 is 1.79 bits per heavy atom. The number of nitrogens with zero attached hydrogens (tertiary/aromatic N) is 2. The lowest BCUT2D eigenvalue weighted by Gasteiger charge is -2.40. The standard InChI is InChI=1S/C32H26ClF4N3O2/c1-17-12-18(2)23(13-19(17)16-42-28-11-8-21(34)14-25(28)33)29-24(15-38)31(39)40(26-4-3-5-27(41)30(26)29)22-9-6-20(7-10-22)32(35,36)37/h6-14,29H,3-5,16,39H2,1-2H3. The summed E-state index contributed by atoms with van der Waals surface area (Å²) in [5.74, 6) is -1.03. The van der Waals surface area contributed by atoms with Gasteiger partial charge in [-0.3, -0.25) is 9.69 Å². The van der Waals surface area contributed by atoms with Crippen LogP contribution in [0.1, 0.15) is 53.0 Å². The van der Waals surface area contributed by atoms with Gasteiger partial charge in [0.2, 0.25) is 0 Å². The van der Waals surface area contributed by atoms with Gasteiger partial charge in [0.05, 0.1) is 28.1 Å². The highest BCUT2D eigenvalue weighted by Gasteiger charge is 2.41. The Bertz CT molecular complexity index is 1690. The lowest BCUT2D eigenvalue weighted by atomic mass is 9.74. The molecule has 1 heterocycles. The maximum Gasteiger partial charge on any atom is 0.416 e. The molecule has 1 aliphatic carbocycles. The average Bonchev–Trinajstić information content (AvgIpc) is 2.93. The summed E-state index contributed by atoms with van der Waals surface area (Å²) < 4.78 is 59.0. The van der Waals surface area contributed by atoms with E-state index in [1.165, 1.54) is 29.2 Å². The zero-order valence-electron chi connectivity index (χ0n) is 22.8. The molecule has 5 rings (SSSR count). The summed E-state index contributed by atoms with van der Waals surface area (Å²) >= 11 is 6.13. The van der Waals surface area contributed by atoms with Crippen molar-refractivity contribution in [3.8, 4) is 11.8 Å². The molecule has 0 spiro atoms. The van der Waals surface area contributed by atoms with Gasteiger partial charge in [-0.15, -0.1) is 0 Å². The number of halogens is 5. The number of anilines is 1. The highest BCUT2D eigenvalue weighted by molar-refractivity contribution is 6.32. The summed E-state index contributed by atoms with van der Waals surface area (Å²) in [6, 6.07) is 14.3. The molecule has 42 heavy (non-hydrogen) atoms. The van der Waals surface area contributed by atoms with Crippen molar-refractivity contribution in [1.82, 2.24) is 0 Å². The SMILES string of the molecule is Cc1cc(C)c(C2C(C#N)=C(N)N(c3ccc(C(F)(F)F)cc3)C3=C2C(=O)CCC3)cc1COc1ccc(F)cc1Cl. The van der Waals surface area contributed by atoms with Crippen LogP contribution in [0, 0.1) is 31.0 Å². The van der Waals surface area contributed by atoms with Crippen molar-refractivity contribution >= 4 is 23.1 Å². The second kappa shape index (κ2) is 11.2. The number of alkyl halides is 3. The van der Waals surface area contributed by atoms with Crippen molar-refractivity contribution in [3.05, 3.63) is 116 Å². The molecule has 0 bridgehead atoms. The number of aryl methyl sites for hydroxylation is 2. The topological polar surface area (TPSA) is 79.4 Å². The number of rotatable bonds is 5. The second-order valence-corrected chi connectivity index (χ2v) is 10.8. The van der Waals surface area contributed by atoms with Crippen LogP contribution in [0.25, 0.3) is 0 Å². The van der Waals surface area contributed by atoms with Crippen LogP contribution in [0.3, 0.4) is 0 Å². The molecule has 10 heteroatoms. The normalized spacial score (nSPS) is 17.3. The predicted octanol–water partition coefficient (Wildman–Crippen LogP) is 8.00. The molecule has 1 atom stereocenters. The van der Waals surface area contributed by atoms with Gasteiger partial charge >= 0.3 is 6.18 Å². The van der Waals surface area contributed by atoms with E-state index in [2.05, 4.69) is 6.07 Å². The number of hydrogen-bond acceptors (Lipinski definition) is 5. The number of Topliss-reactive ketones (excluding diaryl/α,β-unsaturated/α-hetero) is 1. The molecule has 0 saturated heterocycles. The summed E-state index contributed by atoms with van der Waals surface area (Å²) in [7, 11) is 0. The van der Waals surface area contributed by atoms with Crippen molar-refractivity contribution < 1.29 is 27.1 Å². The molecule has 0 saturated carbocycles. The smallest absolute Gasteiger partial charge is 0.416 e. The van der Waals surface area contributed by atoms with Crippen molar-refractivity contribution in [2.24, 2.45) is 5.73 Å². The third-order valence-electron chi connectivity index (χ3n) is 7.68. The highest BCUT2D eigenvalue weighted by Crippen LogP contribution is 2.47. The molecule has 0 amide bonds. The van der Waals surface area contributed by atoms with E-state index in [1.807, 2.05) is 26.0 Å². The van der Waals surface area contributed by atoms with Gasteiger partial charge in [0.15, 0.2) is 5.78 Å². The van der Waals surface area contributed by atoms with Crippen LogP contribution < -0.4 is 15.4 Å². The first-order valence-electron chi connectivity index (χ1n) is 13.2. The molecule has 0 aromatic heterocycles. The van der Waals surface area contributed by atoms with Crippen molar-refractivity contribution in [1.29, 1.82) is 5.26 Å². The zero-order valence-corrected chi connectivity index (χ0v) is 23.5. The van der Waals surface area contributed by atoms with Crippen LogP contribution in [0.4, 0.5) is 23.2 Å². The summed E-state index contributed by atoms with van der Waals surface area (Å²) in [4.78, 5) is 15.0. The van der Waals surface area contributed by atoms with Crippen LogP contribution in [0.15, 0.2) is 77.3 Å². The molecule has 2 aliphatic rings. The molecule has 5 nitrogen and oxygen atoms in total. The van der Waals surface area contributed by atoms with E-state index in [1.54, 1.807) is 0 Å². The third-order valence-corrected chi connectivity index (χ3v) is 7.97. The maximum atomic E-state index is 13.5. The van der Waals surface area contributed by atoms with Gasteiger partial charge in [0.25, 0.3) is 0 Å². The van der Waals surface area contributed by atoms with Gasteiger partial charge in [-0.2, -0.15) is 18.4 Å². The summed E-state index contributed by atoms with van der Waals surface area (Å²) in [5.41, 5.74) is 10.4. The third kappa shape index (κ3) is 5.35. The number of allylic oxidation sites excluding steroid dienone is 3. The van der Waals surface area contributed by atoms with E-state index in [0.717, 1.165) is 34.9 Å². The number of benzene rings is 3. The molecule has 1 unspecified atom stereocenters. The first kappa shape index (κ1) is 29.2. The molecule has 2 N–H and O–H groups in total. The van der Waals surface area contributed by atoms with Gasteiger partial charge in [0, 0.05) is 23.4 Å². The van der Waals surface area contributed by atoms with Crippen LogP contribution in [-0.4, -0.2) is 5.78 Å². The lowest BCUT2D eigenvalue weighted by molar-refractivity contribution is -0.137. The molecule has 0 radical (unpaired) electrons. The van der Waals surface area contributed by atoms with Gasteiger partial charge in [0.1, 0.15) is 24.0 Å². The fraction of sp³-hybridized carbons (Fsp3) is 0.250. The Hall–Kier alpha value is -4.29. The van der Waals surface area contributed by atoms with E-state index in [9.17, 15) is 27.6 Å². The van der Waals surface area contributed by atoms with Gasteiger partial charge < -0.3 is 10.5 Å². The number of ether oxygens (including phenoxy) is 1. The van der Waals surface area contributed by atoms with Crippen LogP contribution in [-0.2, 0) is 17.6 Å². The second-order valence-electron chi connectivity index (χ2n) is 10.4. The number of nitrogens with two attached hydrogens (primary N) is 1. The number of carbonyl (C=O) groups is 1. The monoisotopic (exact) mass is 595 g/mol. The quantitative estimate of drug-likeness (QED) is 0.302. The molecule has 1 aliphatic heterocycles. The average molecular weight is 596 g/mol. The van der Waals surface area contributed by atoms with Crippen LogP contribution in [0.5, 0.6) is 5.75 Å². The molecular formula is C32H26ClF4N3O2. The highest BCUT2D eigenvalue weighted by atomic mass is 35.5. The Labute approximate surface area is 245 Å². The Balaban J connectivity index is 1.60. The largest absolute Gasteiger partial charge is 0.487 e. The summed E-state index contributed by atoms with van der Waals surface area (Å²) in [6.07, 6.45) is -3.23. The molecule has 3 aromatic rings. The number of nitriles is 1. The zero-order chi connectivity index (χ0) is 30.3. The van der Waals surface area contributed by atoms with E-state index in [4.69, 9.17) is 22.1 Å². The minimum Gasteiger partial charge on any atom is -0.487 e. The minimum absolute atomic E-state index is 0.0616. The molecule has 0 fully saturated rings. The lowest BCUT2D eigenvalue weighted by Crippen LogP contribution is -2.39. The maximum absolute atomic E-state index is 13.5. The van der Waals surface area contributed by atoms with Gasteiger partial charge in [-0.25, -0.2) is 4.39 Å². The molecule has 3 aromatic carbocycles. The fourth-order valence-corrected chi connectivity index (χ4v) is 5.84. The summed E-state index contributed by atoms with van der Waals surface area (Å²) in [6.45, 7) is 3.88. The van der Waals surface area contributed by atoms with E-state index < -0.39 is 23.5 Å².